The van der Waals surface area contributed by atoms with E-state index in [1.165, 1.54) is 27.7 Å². The molecule has 0 aliphatic carbocycles. The van der Waals surface area contributed by atoms with Gasteiger partial charge in [-0.1, -0.05) is 0 Å². The highest BCUT2D eigenvalue weighted by Gasteiger charge is 1.97. The number of carbonyl (C=O) groups excluding carboxylic acids is 2. The van der Waals surface area contributed by atoms with Gasteiger partial charge in [-0.3, -0.25) is 9.59 Å². The summed E-state index contributed by atoms with van der Waals surface area (Å²) < 4.78 is 0. The van der Waals surface area contributed by atoms with Gasteiger partial charge in [0.2, 0.25) is 0 Å². The van der Waals surface area contributed by atoms with Crippen LogP contribution in [0, 0.1) is 0 Å². The number of carbonyl (C=O) groups is 2. The Morgan fingerprint density at radius 3 is 1.00 bits per heavy atom. The van der Waals surface area contributed by atoms with Crippen LogP contribution in [0.5, 0.6) is 0 Å². The number of aliphatic hydroxyl groups is 2. The maximum absolute atomic E-state index is 9.89. The van der Waals surface area contributed by atoms with E-state index in [9.17, 15) is 9.59 Å². The monoisotopic (exact) mass is 176 g/mol. The number of rotatable bonds is 2. The van der Waals surface area contributed by atoms with Crippen LogP contribution in [0.3, 0.4) is 0 Å². The van der Waals surface area contributed by atoms with E-state index in [1.807, 2.05) is 0 Å². The second kappa shape index (κ2) is 6.94. The number of hydrogen-bond acceptors (Lipinski definition) is 4. The van der Waals surface area contributed by atoms with Gasteiger partial charge in [0.05, 0.1) is 0 Å². The SMILES string of the molecule is CC(=O)C(C)O.CC(=O)[C@@H](C)O. The van der Waals surface area contributed by atoms with Gasteiger partial charge in [0.1, 0.15) is 12.2 Å². The molecule has 0 heterocycles. The smallest absolute Gasteiger partial charge is 0.157 e. The van der Waals surface area contributed by atoms with Crippen molar-refractivity contribution in [3.8, 4) is 0 Å². The highest BCUT2D eigenvalue weighted by Crippen LogP contribution is 1.77. The summed E-state index contributed by atoms with van der Waals surface area (Å²) in [7, 11) is 0. The Morgan fingerprint density at radius 2 is 1.00 bits per heavy atom. The molecule has 0 aliphatic rings. The van der Waals surface area contributed by atoms with Crippen LogP contribution in [-0.2, 0) is 9.59 Å². The molecule has 0 aliphatic heterocycles. The fraction of sp³-hybridized carbons (Fsp3) is 0.750. The van der Waals surface area contributed by atoms with E-state index >= 15 is 0 Å². The van der Waals surface area contributed by atoms with Crippen LogP contribution in [0.1, 0.15) is 27.7 Å². The molecule has 0 radical (unpaired) electrons. The topological polar surface area (TPSA) is 74.6 Å². The van der Waals surface area contributed by atoms with Crippen molar-refractivity contribution in [3.05, 3.63) is 0 Å². The lowest BCUT2D eigenvalue weighted by Gasteiger charge is -1.90. The molecule has 0 amide bonds. The van der Waals surface area contributed by atoms with Crippen molar-refractivity contribution in [2.75, 3.05) is 0 Å². The quantitative estimate of drug-likeness (QED) is 0.616. The van der Waals surface area contributed by atoms with Crippen LogP contribution >= 0.6 is 0 Å². The fourth-order valence-electron chi connectivity index (χ4n) is 0. The van der Waals surface area contributed by atoms with Crippen LogP contribution < -0.4 is 0 Å². The molecule has 4 heteroatoms. The molecule has 0 spiro atoms. The molecule has 2 N–H and O–H groups in total. The summed E-state index contributed by atoms with van der Waals surface area (Å²) in [5, 5.41) is 16.6. The zero-order chi connectivity index (χ0) is 10.3. The molecule has 0 fully saturated rings. The fourth-order valence-corrected chi connectivity index (χ4v) is 0. The van der Waals surface area contributed by atoms with E-state index < -0.39 is 12.2 Å². The second-order valence-electron chi connectivity index (χ2n) is 2.57. The van der Waals surface area contributed by atoms with Crippen molar-refractivity contribution in [2.24, 2.45) is 0 Å². The standard InChI is InChI=1S/2C4H8O2/c2*1-3(5)4(2)6/h2*3,5H,1-2H3/t3-;/m1./s1. The molecule has 0 saturated heterocycles. The van der Waals surface area contributed by atoms with E-state index in [0.717, 1.165) is 0 Å². The largest absolute Gasteiger partial charge is 0.386 e. The van der Waals surface area contributed by atoms with Gasteiger partial charge in [0, 0.05) is 0 Å². The van der Waals surface area contributed by atoms with Crippen molar-refractivity contribution in [3.63, 3.8) is 0 Å². The summed E-state index contributed by atoms with van der Waals surface area (Å²) in [4.78, 5) is 19.8. The average Bonchev–Trinajstić information content (AvgIpc) is 1.88. The Labute approximate surface area is 72.2 Å². The van der Waals surface area contributed by atoms with Gasteiger partial charge in [0.15, 0.2) is 11.6 Å². The van der Waals surface area contributed by atoms with E-state index in [0.29, 0.717) is 0 Å². The highest BCUT2D eigenvalue weighted by molar-refractivity contribution is 5.79. The maximum Gasteiger partial charge on any atom is 0.157 e. The summed E-state index contributed by atoms with van der Waals surface area (Å²) in [6.07, 6.45) is -1.57. The molecule has 0 saturated carbocycles. The van der Waals surface area contributed by atoms with Crippen LogP contribution in [0.15, 0.2) is 0 Å². The minimum atomic E-state index is -0.787. The van der Waals surface area contributed by atoms with Gasteiger partial charge < -0.3 is 10.2 Å². The first-order chi connectivity index (χ1) is 5.29. The highest BCUT2D eigenvalue weighted by atomic mass is 16.3. The van der Waals surface area contributed by atoms with Crippen LogP contribution in [-0.4, -0.2) is 34.0 Å². The minimum Gasteiger partial charge on any atom is -0.386 e. The van der Waals surface area contributed by atoms with Gasteiger partial charge >= 0.3 is 0 Å². The van der Waals surface area contributed by atoms with Gasteiger partial charge in [0.25, 0.3) is 0 Å². The zero-order valence-corrected chi connectivity index (χ0v) is 7.87. The van der Waals surface area contributed by atoms with Gasteiger partial charge in [-0.05, 0) is 27.7 Å². The average molecular weight is 176 g/mol. The molecular formula is C8H16O4. The number of aliphatic hydroxyl groups excluding tert-OH is 2. The lowest BCUT2D eigenvalue weighted by atomic mass is 10.3. The Balaban J connectivity index is 0. The zero-order valence-electron chi connectivity index (χ0n) is 7.87. The molecular weight excluding hydrogens is 160 g/mol. The predicted octanol–water partition coefficient (Wildman–Crippen LogP) is -0.0876. The summed E-state index contributed by atoms with van der Waals surface area (Å²) in [6.45, 7) is 5.60. The van der Waals surface area contributed by atoms with Crippen LogP contribution in [0.25, 0.3) is 0 Å². The van der Waals surface area contributed by atoms with Crippen molar-refractivity contribution in [1.82, 2.24) is 0 Å². The summed E-state index contributed by atoms with van der Waals surface area (Å²) >= 11 is 0. The maximum atomic E-state index is 9.89. The Hall–Kier alpha value is -0.740. The molecule has 0 aromatic heterocycles. The van der Waals surface area contributed by atoms with E-state index in [-0.39, 0.29) is 11.6 Å². The van der Waals surface area contributed by atoms with Crippen molar-refractivity contribution < 1.29 is 19.8 Å². The first-order valence-corrected chi connectivity index (χ1v) is 3.66. The van der Waals surface area contributed by atoms with Crippen LogP contribution in [0.4, 0.5) is 0 Å². The normalized spacial score (nSPS) is 13.8. The minimum absolute atomic E-state index is 0.185. The molecule has 2 atom stereocenters. The molecule has 0 rings (SSSR count). The van der Waals surface area contributed by atoms with Gasteiger partial charge in [-0.2, -0.15) is 0 Å². The second-order valence-corrected chi connectivity index (χ2v) is 2.57. The molecule has 72 valence electrons. The predicted molar refractivity (Wildman–Crippen MR) is 44.7 cm³/mol. The molecule has 4 nitrogen and oxygen atoms in total. The lowest BCUT2D eigenvalue weighted by Crippen LogP contribution is -2.10. The Bertz CT molecular complexity index is 131. The van der Waals surface area contributed by atoms with E-state index in [1.54, 1.807) is 0 Å². The van der Waals surface area contributed by atoms with E-state index in [2.05, 4.69) is 0 Å². The summed E-state index contributed by atoms with van der Waals surface area (Å²) in [5.41, 5.74) is 0. The number of hydrogen-bond donors (Lipinski definition) is 2. The van der Waals surface area contributed by atoms with Crippen molar-refractivity contribution in [2.45, 2.75) is 39.9 Å². The first-order valence-electron chi connectivity index (χ1n) is 3.66. The molecule has 12 heavy (non-hydrogen) atoms. The molecule has 1 unspecified atom stereocenters. The van der Waals surface area contributed by atoms with E-state index in [4.69, 9.17) is 10.2 Å². The van der Waals surface area contributed by atoms with Crippen molar-refractivity contribution in [1.29, 1.82) is 0 Å². The molecule has 0 aromatic rings. The van der Waals surface area contributed by atoms with Gasteiger partial charge in [-0.25, -0.2) is 0 Å². The lowest BCUT2D eigenvalue weighted by molar-refractivity contribution is -0.124. The third kappa shape index (κ3) is 12.0. The summed E-state index contributed by atoms with van der Waals surface area (Å²) in [5.74, 6) is -0.370. The molecule has 0 aromatic carbocycles. The Morgan fingerprint density at radius 1 is 0.917 bits per heavy atom. The van der Waals surface area contributed by atoms with Crippen molar-refractivity contribution >= 4 is 11.6 Å². The number of Topliss-reactive ketones (excluding diaryl/α,β-unsaturated/α-hetero) is 2. The molecule has 0 bridgehead atoms. The number of ketones is 2. The third-order valence-corrected chi connectivity index (χ3v) is 1.18. The summed E-state index contributed by atoms with van der Waals surface area (Å²) in [6, 6.07) is 0. The third-order valence-electron chi connectivity index (χ3n) is 1.18. The first kappa shape index (κ1) is 13.8. The van der Waals surface area contributed by atoms with Crippen LogP contribution in [0.2, 0.25) is 0 Å². The van der Waals surface area contributed by atoms with Gasteiger partial charge in [-0.15, -0.1) is 0 Å². The Kier molecular flexibility index (Phi) is 7.99.